The van der Waals surface area contributed by atoms with Gasteiger partial charge in [0.05, 0.1) is 11.3 Å². The van der Waals surface area contributed by atoms with E-state index in [1.54, 1.807) is 48.5 Å². The van der Waals surface area contributed by atoms with Crippen LogP contribution in [0.4, 0.5) is 11.4 Å². The summed E-state index contributed by atoms with van der Waals surface area (Å²) in [5, 5.41) is 18.2. The molecule has 8 nitrogen and oxygen atoms in total. The molecule has 0 bridgehead atoms. The van der Waals surface area contributed by atoms with Crippen LogP contribution in [0.5, 0.6) is 0 Å². The number of nitrogens with one attached hydrogen (secondary N) is 2. The van der Waals surface area contributed by atoms with Crippen molar-refractivity contribution >= 4 is 34.8 Å². The normalized spacial score (nSPS) is 10.5. The van der Waals surface area contributed by atoms with E-state index < -0.39 is 0 Å². The van der Waals surface area contributed by atoms with Crippen molar-refractivity contribution in [2.24, 2.45) is 0 Å². The van der Waals surface area contributed by atoms with E-state index >= 15 is 0 Å². The van der Waals surface area contributed by atoms with Crippen LogP contribution in [0.25, 0.3) is 11.4 Å². The van der Waals surface area contributed by atoms with Crippen LogP contribution in [0.3, 0.4) is 0 Å². The fraction of sp³-hybridized carbons (Fsp3) is 0.0455. The molecule has 4 aromatic rings. The molecule has 0 saturated carbocycles. The van der Waals surface area contributed by atoms with Crippen LogP contribution >= 0.6 is 11.6 Å². The van der Waals surface area contributed by atoms with Crippen molar-refractivity contribution in [2.75, 3.05) is 10.6 Å². The van der Waals surface area contributed by atoms with Gasteiger partial charge < -0.3 is 10.6 Å². The molecule has 9 heteroatoms. The summed E-state index contributed by atoms with van der Waals surface area (Å²) in [4.78, 5) is 26.4. The van der Waals surface area contributed by atoms with E-state index in [4.69, 9.17) is 11.6 Å². The molecule has 0 unspecified atom stereocenters. The minimum atomic E-state index is -0.385. The number of para-hydroxylation sites is 1. The number of amides is 2. The molecule has 1 heterocycles. The number of hydrogen-bond donors (Lipinski definition) is 2. The molecule has 3 aromatic carbocycles. The summed E-state index contributed by atoms with van der Waals surface area (Å²) < 4.78 is 0. The van der Waals surface area contributed by atoms with E-state index in [1.807, 2.05) is 30.3 Å². The highest BCUT2D eigenvalue weighted by atomic mass is 35.5. The first-order chi connectivity index (χ1) is 15.1. The van der Waals surface area contributed by atoms with E-state index in [9.17, 15) is 9.59 Å². The van der Waals surface area contributed by atoms with Crippen LogP contribution in [0.15, 0.2) is 78.9 Å². The zero-order valence-electron chi connectivity index (χ0n) is 16.2. The average Bonchev–Trinajstić information content (AvgIpc) is 3.24. The zero-order valence-corrected chi connectivity index (χ0v) is 17.0. The SMILES string of the molecule is O=C(Cn1nnc(-c2ccccc2)n1)Nc1ccccc1C(=O)Nc1ccc(Cl)cc1. The zero-order chi connectivity index (χ0) is 21.6. The molecule has 0 radical (unpaired) electrons. The van der Waals surface area contributed by atoms with Gasteiger partial charge in [-0.2, -0.15) is 4.80 Å². The van der Waals surface area contributed by atoms with Crippen molar-refractivity contribution in [1.29, 1.82) is 0 Å². The van der Waals surface area contributed by atoms with E-state index in [1.165, 1.54) is 4.80 Å². The first-order valence-electron chi connectivity index (χ1n) is 9.37. The van der Waals surface area contributed by atoms with Gasteiger partial charge in [-0.3, -0.25) is 9.59 Å². The highest BCUT2D eigenvalue weighted by Gasteiger charge is 2.15. The number of anilines is 2. The van der Waals surface area contributed by atoms with Crippen LogP contribution in [0, 0.1) is 0 Å². The maximum atomic E-state index is 12.7. The Labute approximate surface area is 182 Å². The third-order valence-corrected chi connectivity index (χ3v) is 4.57. The lowest BCUT2D eigenvalue weighted by molar-refractivity contribution is -0.117. The van der Waals surface area contributed by atoms with E-state index in [-0.39, 0.29) is 18.4 Å². The second-order valence-corrected chi connectivity index (χ2v) is 7.00. The largest absolute Gasteiger partial charge is 0.324 e. The van der Waals surface area contributed by atoms with Crippen molar-refractivity contribution in [2.45, 2.75) is 6.54 Å². The lowest BCUT2D eigenvalue weighted by Crippen LogP contribution is -2.22. The summed E-state index contributed by atoms with van der Waals surface area (Å²) in [6, 6.07) is 22.8. The van der Waals surface area contributed by atoms with Gasteiger partial charge in [0.1, 0.15) is 6.54 Å². The Bertz CT molecular complexity index is 1210. The Hall–Kier alpha value is -4.04. The number of benzene rings is 3. The molecule has 0 aliphatic rings. The number of aromatic nitrogens is 4. The van der Waals surface area contributed by atoms with Crippen molar-refractivity contribution in [1.82, 2.24) is 20.2 Å². The molecule has 1 aromatic heterocycles. The van der Waals surface area contributed by atoms with Gasteiger partial charge >= 0.3 is 0 Å². The Morgan fingerprint density at radius 2 is 1.58 bits per heavy atom. The maximum absolute atomic E-state index is 12.7. The van der Waals surface area contributed by atoms with E-state index in [0.717, 1.165) is 5.56 Å². The monoisotopic (exact) mass is 432 g/mol. The van der Waals surface area contributed by atoms with Crippen molar-refractivity contribution in [3.05, 3.63) is 89.4 Å². The van der Waals surface area contributed by atoms with Gasteiger partial charge in [-0.15, -0.1) is 10.2 Å². The fourth-order valence-electron chi connectivity index (χ4n) is 2.85. The van der Waals surface area contributed by atoms with Gasteiger partial charge in [-0.05, 0) is 41.6 Å². The standard InChI is InChI=1S/C22H17ClN6O2/c23-16-10-12-17(13-11-16)24-22(31)18-8-4-5-9-19(18)25-20(30)14-29-27-21(26-28-29)15-6-2-1-3-7-15/h1-13H,14H2,(H,24,31)(H,25,30). The molecular weight excluding hydrogens is 416 g/mol. The molecule has 0 aliphatic heterocycles. The van der Waals surface area contributed by atoms with Crippen LogP contribution < -0.4 is 10.6 Å². The van der Waals surface area contributed by atoms with Gasteiger partial charge in [0.2, 0.25) is 11.7 Å². The van der Waals surface area contributed by atoms with Gasteiger partial charge in [-0.1, -0.05) is 54.1 Å². The molecule has 0 saturated heterocycles. The van der Waals surface area contributed by atoms with E-state index in [2.05, 4.69) is 26.0 Å². The summed E-state index contributed by atoms with van der Waals surface area (Å²) >= 11 is 5.87. The third kappa shape index (κ3) is 5.12. The quantitative estimate of drug-likeness (QED) is 0.481. The third-order valence-electron chi connectivity index (χ3n) is 4.32. The topological polar surface area (TPSA) is 102 Å². The molecular formula is C22H17ClN6O2. The molecule has 4 rings (SSSR count). The molecule has 154 valence electrons. The van der Waals surface area contributed by atoms with Crippen LogP contribution in [0.1, 0.15) is 10.4 Å². The lowest BCUT2D eigenvalue weighted by Gasteiger charge is -2.11. The number of nitrogens with zero attached hydrogens (tertiary/aromatic N) is 4. The Morgan fingerprint density at radius 1 is 0.871 bits per heavy atom. The summed E-state index contributed by atoms with van der Waals surface area (Å²) in [5.41, 5.74) is 2.10. The van der Waals surface area contributed by atoms with Crippen molar-refractivity contribution < 1.29 is 9.59 Å². The molecule has 0 atom stereocenters. The molecule has 0 spiro atoms. The summed E-state index contributed by atoms with van der Waals surface area (Å²) in [5.74, 6) is -0.316. The van der Waals surface area contributed by atoms with Crippen molar-refractivity contribution in [3.63, 3.8) is 0 Å². The number of carbonyl (C=O) groups excluding carboxylic acids is 2. The second kappa shape index (κ2) is 9.19. The Kier molecular flexibility index (Phi) is 6.00. The Morgan fingerprint density at radius 3 is 2.35 bits per heavy atom. The summed E-state index contributed by atoms with van der Waals surface area (Å²) in [6.45, 7) is -0.146. The van der Waals surface area contributed by atoms with Gasteiger partial charge in [0.15, 0.2) is 0 Å². The van der Waals surface area contributed by atoms with Crippen molar-refractivity contribution in [3.8, 4) is 11.4 Å². The smallest absolute Gasteiger partial charge is 0.257 e. The summed E-state index contributed by atoms with van der Waals surface area (Å²) in [6.07, 6.45) is 0. The Balaban J connectivity index is 1.43. The highest BCUT2D eigenvalue weighted by Crippen LogP contribution is 2.19. The molecule has 31 heavy (non-hydrogen) atoms. The highest BCUT2D eigenvalue weighted by molar-refractivity contribution is 6.30. The second-order valence-electron chi connectivity index (χ2n) is 6.56. The molecule has 0 aliphatic carbocycles. The predicted molar refractivity (Wildman–Crippen MR) is 118 cm³/mol. The molecule has 2 amide bonds. The first kappa shape index (κ1) is 20.2. The van der Waals surface area contributed by atoms with Crippen LogP contribution in [0.2, 0.25) is 5.02 Å². The lowest BCUT2D eigenvalue weighted by atomic mass is 10.1. The minimum absolute atomic E-state index is 0.146. The number of hydrogen-bond acceptors (Lipinski definition) is 5. The number of tetrazole rings is 1. The maximum Gasteiger partial charge on any atom is 0.257 e. The predicted octanol–water partition coefficient (Wildman–Crippen LogP) is 3.88. The van der Waals surface area contributed by atoms with E-state index in [0.29, 0.717) is 27.8 Å². The van der Waals surface area contributed by atoms with Gasteiger partial charge in [0, 0.05) is 16.3 Å². The molecule has 0 fully saturated rings. The first-order valence-corrected chi connectivity index (χ1v) is 9.75. The molecule has 2 N–H and O–H groups in total. The van der Waals surface area contributed by atoms with Crippen LogP contribution in [-0.4, -0.2) is 32.0 Å². The number of rotatable bonds is 6. The fourth-order valence-corrected chi connectivity index (χ4v) is 2.98. The number of carbonyl (C=O) groups is 2. The van der Waals surface area contributed by atoms with Crippen LogP contribution in [-0.2, 0) is 11.3 Å². The summed E-state index contributed by atoms with van der Waals surface area (Å²) in [7, 11) is 0. The van der Waals surface area contributed by atoms with Gasteiger partial charge in [0.25, 0.3) is 5.91 Å². The number of halogens is 1. The minimum Gasteiger partial charge on any atom is -0.324 e. The van der Waals surface area contributed by atoms with Gasteiger partial charge in [-0.25, -0.2) is 0 Å². The average molecular weight is 433 g/mol.